The molecule has 0 radical (unpaired) electrons. The molecule has 1 atom stereocenters. The number of aliphatic hydroxyl groups excluding tert-OH is 1. The van der Waals surface area contributed by atoms with Crippen molar-refractivity contribution in [1.82, 2.24) is 0 Å². The van der Waals surface area contributed by atoms with Crippen LogP contribution in [-0.4, -0.2) is 12.2 Å². The van der Waals surface area contributed by atoms with E-state index >= 15 is 0 Å². The van der Waals surface area contributed by atoms with E-state index in [0.717, 1.165) is 5.56 Å². The second-order valence-electron chi connectivity index (χ2n) is 4.87. The molecule has 0 aliphatic carbocycles. The molecule has 0 bridgehead atoms. The molecular weight excluding hydrogens is 290 g/mol. The van der Waals surface area contributed by atoms with Gasteiger partial charge in [-0.25, -0.2) is 8.78 Å². The highest BCUT2D eigenvalue weighted by Gasteiger charge is 2.12. The molecule has 0 fully saturated rings. The van der Waals surface area contributed by atoms with Crippen molar-refractivity contribution in [3.05, 3.63) is 59.2 Å². The molecule has 2 rings (SSSR count). The van der Waals surface area contributed by atoms with E-state index in [2.05, 4.69) is 4.74 Å². The first-order chi connectivity index (χ1) is 10.5. The normalized spacial score (nSPS) is 12.0. The molecule has 0 aromatic heterocycles. The molecular formula is C17H18F2O3. The lowest BCUT2D eigenvalue weighted by Gasteiger charge is -2.11. The quantitative estimate of drug-likeness (QED) is 0.877. The van der Waals surface area contributed by atoms with Gasteiger partial charge in [-0.3, -0.25) is 0 Å². The summed E-state index contributed by atoms with van der Waals surface area (Å²) in [5.41, 5.74) is 1.17. The molecule has 0 saturated carbocycles. The van der Waals surface area contributed by atoms with E-state index in [4.69, 9.17) is 4.74 Å². The fraction of sp³-hybridized carbons (Fsp3) is 0.294. The second kappa shape index (κ2) is 7.22. The van der Waals surface area contributed by atoms with Crippen LogP contribution < -0.4 is 9.47 Å². The number of methoxy groups -OCH3 is 1. The summed E-state index contributed by atoms with van der Waals surface area (Å²) in [5.74, 6) is -1.37. The van der Waals surface area contributed by atoms with Crippen molar-refractivity contribution in [2.75, 3.05) is 7.11 Å². The molecule has 2 aromatic rings. The van der Waals surface area contributed by atoms with Crippen LogP contribution in [0.4, 0.5) is 8.78 Å². The Bertz CT molecular complexity index is 603. The van der Waals surface area contributed by atoms with Crippen molar-refractivity contribution in [3.8, 4) is 11.5 Å². The Morgan fingerprint density at radius 1 is 1.09 bits per heavy atom. The van der Waals surface area contributed by atoms with Crippen molar-refractivity contribution < 1.29 is 23.4 Å². The topological polar surface area (TPSA) is 38.7 Å². The van der Waals surface area contributed by atoms with Crippen LogP contribution in [0.2, 0.25) is 0 Å². The van der Waals surface area contributed by atoms with E-state index in [1.165, 1.54) is 19.2 Å². The summed E-state index contributed by atoms with van der Waals surface area (Å²) in [6.45, 7) is 1.93. The van der Waals surface area contributed by atoms with Gasteiger partial charge in [-0.15, -0.1) is 0 Å². The van der Waals surface area contributed by atoms with E-state index in [1.54, 1.807) is 24.3 Å². The SMILES string of the molecule is CCC(O)c1ccc(OCc2cc(F)c(OC)c(F)c2)cc1. The van der Waals surface area contributed by atoms with Crippen molar-refractivity contribution in [1.29, 1.82) is 0 Å². The van der Waals surface area contributed by atoms with Crippen molar-refractivity contribution in [2.45, 2.75) is 26.1 Å². The Balaban J connectivity index is 2.04. The predicted octanol–water partition coefficient (Wildman–Crippen LogP) is 4.00. The Hall–Kier alpha value is -2.14. The summed E-state index contributed by atoms with van der Waals surface area (Å²) in [5, 5.41) is 9.70. The molecule has 1 unspecified atom stereocenters. The molecule has 0 aliphatic rings. The third-order valence-electron chi connectivity index (χ3n) is 3.32. The minimum atomic E-state index is -0.762. The summed E-state index contributed by atoms with van der Waals surface area (Å²) in [7, 11) is 1.21. The van der Waals surface area contributed by atoms with E-state index < -0.39 is 23.5 Å². The zero-order valence-electron chi connectivity index (χ0n) is 12.5. The van der Waals surface area contributed by atoms with Gasteiger partial charge in [0, 0.05) is 0 Å². The fourth-order valence-corrected chi connectivity index (χ4v) is 2.08. The van der Waals surface area contributed by atoms with Crippen molar-refractivity contribution in [3.63, 3.8) is 0 Å². The van der Waals surface area contributed by atoms with Crippen LogP contribution in [0.3, 0.4) is 0 Å². The number of aliphatic hydroxyl groups is 1. The largest absolute Gasteiger partial charge is 0.491 e. The summed E-state index contributed by atoms with van der Waals surface area (Å²) in [6, 6.07) is 9.31. The Labute approximate surface area is 128 Å². The van der Waals surface area contributed by atoms with E-state index in [0.29, 0.717) is 17.7 Å². The Morgan fingerprint density at radius 3 is 2.18 bits per heavy atom. The van der Waals surface area contributed by atoms with E-state index in [9.17, 15) is 13.9 Å². The van der Waals surface area contributed by atoms with Crippen LogP contribution in [0.15, 0.2) is 36.4 Å². The predicted molar refractivity (Wildman–Crippen MR) is 78.9 cm³/mol. The van der Waals surface area contributed by atoms with Gasteiger partial charge in [0.1, 0.15) is 12.4 Å². The van der Waals surface area contributed by atoms with Gasteiger partial charge >= 0.3 is 0 Å². The zero-order chi connectivity index (χ0) is 16.1. The smallest absolute Gasteiger partial charge is 0.190 e. The molecule has 3 nitrogen and oxygen atoms in total. The van der Waals surface area contributed by atoms with Gasteiger partial charge in [0.15, 0.2) is 17.4 Å². The third-order valence-corrected chi connectivity index (χ3v) is 3.32. The van der Waals surface area contributed by atoms with Gasteiger partial charge < -0.3 is 14.6 Å². The van der Waals surface area contributed by atoms with Crippen molar-refractivity contribution >= 4 is 0 Å². The van der Waals surface area contributed by atoms with Crippen LogP contribution in [0.5, 0.6) is 11.5 Å². The summed E-state index contributed by atoms with van der Waals surface area (Å²) >= 11 is 0. The first kappa shape index (κ1) is 16.2. The maximum absolute atomic E-state index is 13.6. The Kier molecular flexibility index (Phi) is 5.33. The molecule has 118 valence electrons. The number of hydrogen-bond donors (Lipinski definition) is 1. The minimum Gasteiger partial charge on any atom is -0.491 e. The lowest BCUT2D eigenvalue weighted by molar-refractivity contribution is 0.173. The molecule has 22 heavy (non-hydrogen) atoms. The Morgan fingerprint density at radius 2 is 1.68 bits per heavy atom. The summed E-state index contributed by atoms with van der Waals surface area (Å²) in [6.07, 6.45) is 0.128. The van der Waals surface area contributed by atoms with Crippen LogP contribution in [0.25, 0.3) is 0 Å². The minimum absolute atomic E-state index is 0.0352. The number of hydrogen-bond acceptors (Lipinski definition) is 3. The highest BCUT2D eigenvalue weighted by molar-refractivity contribution is 5.32. The molecule has 2 aromatic carbocycles. The van der Waals surface area contributed by atoms with Gasteiger partial charge in [-0.2, -0.15) is 0 Å². The molecule has 1 N–H and O–H groups in total. The van der Waals surface area contributed by atoms with Crippen LogP contribution in [-0.2, 0) is 6.61 Å². The van der Waals surface area contributed by atoms with Gasteiger partial charge in [0.2, 0.25) is 0 Å². The maximum Gasteiger partial charge on any atom is 0.190 e. The summed E-state index contributed by atoms with van der Waals surface area (Å²) < 4.78 is 37.3. The molecule has 5 heteroatoms. The zero-order valence-corrected chi connectivity index (χ0v) is 12.5. The number of benzene rings is 2. The van der Waals surface area contributed by atoms with Crippen LogP contribution in [0, 0.1) is 11.6 Å². The van der Waals surface area contributed by atoms with E-state index in [-0.39, 0.29) is 6.61 Å². The number of halogens is 2. The monoisotopic (exact) mass is 308 g/mol. The highest BCUT2D eigenvalue weighted by Crippen LogP contribution is 2.24. The standard InChI is InChI=1S/C17H18F2O3/c1-3-16(20)12-4-6-13(7-5-12)22-10-11-8-14(18)17(21-2)15(19)9-11/h4-9,16,20H,3,10H2,1-2H3. The molecule has 0 heterocycles. The van der Waals surface area contributed by atoms with Crippen LogP contribution in [0.1, 0.15) is 30.6 Å². The third kappa shape index (κ3) is 3.74. The van der Waals surface area contributed by atoms with Crippen molar-refractivity contribution in [2.24, 2.45) is 0 Å². The van der Waals surface area contributed by atoms with Gasteiger partial charge in [0.05, 0.1) is 13.2 Å². The van der Waals surface area contributed by atoms with Gasteiger partial charge in [-0.05, 0) is 41.8 Å². The number of ether oxygens (including phenoxy) is 2. The van der Waals surface area contributed by atoms with Gasteiger partial charge in [0.25, 0.3) is 0 Å². The molecule has 0 saturated heterocycles. The average Bonchev–Trinajstić information content (AvgIpc) is 2.52. The first-order valence-electron chi connectivity index (χ1n) is 6.97. The van der Waals surface area contributed by atoms with Crippen LogP contribution >= 0.6 is 0 Å². The maximum atomic E-state index is 13.6. The lowest BCUT2D eigenvalue weighted by atomic mass is 10.1. The van der Waals surface area contributed by atoms with E-state index in [1.807, 2.05) is 6.92 Å². The first-order valence-corrected chi connectivity index (χ1v) is 6.97. The second-order valence-corrected chi connectivity index (χ2v) is 4.87. The van der Waals surface area contributed by atoms with Gasteiger partial charge in [-0.1, -0.05) is 19.1 Å². The summed E-state index contributed by atoms with van der Waals surface area (Å²) in [4.78, 5) is 0. The average molecular weight is 308 g/mol. The molecule has 0 spiro atoms. The molecule has 0 amide bonds. The molecule has 0 aliphatic heterocycles. The lowest BCUT2D eigenvalue weighted by Crippen LogP contribution is -2.00. The fourth-order valence-electron chi connectivity index (χ4n) is 2.08. The number of rotatable bonds is 6. The highest BCUT2D eigenvalue weighted by atomic mass is 19.1.